The molecule has 8 heteroatoms. The summed E-state index contributed by atoms with van der Waals surface area (Å²) in [6.45, 7) is 6.67. The molecule has 2 aromatic carbocycles. The van der Waals surface area contributed by atoms with Crippen LogP contribution < -0.4 is 5.32 Å². The summed E-state index contributed by atoms with van der Waals surface area (Å²) >= 11 is 0. The van der Waals surface area contributed by atoms with Crippen LogP contribution in [0.2, 0.25) is 0 Å². The summed E-state index contributed by atoms with van der Waals surface area (Å²) in [5.41, 5.74) is 11.4. The molecule has 0 saturated carbocycles. The van der Waals surface area contributed by atoms with Crippen LogP contribution >= 0.6 is 0 Å². The summed E-state index contributed by atoms with van der Waals surface area (Å²) in [4.78, 5) is 21.0. The lowest BCUT2D eigenvalue weighted by Gasteiger charge is -2.18. The van der Waals surface area contributed by atoms with E-state index in [0.717, 1.165) is 80.8 Å². The Hall–Kier alpha value is -4.76. The fraction of sp³-hybridized carbons (Fsp3) is 0.243. The zero-order chi connectivity index (χ0) is 30.9. The average molecular weight is 597 g/mol. The topological polar surface area (TPSA) is 107 Å². The van der Waals surface area contributed by atoms with Crippen molar-refractivity contribution in [1.82, 2.24) is 24.8 Å². The van der Waals surface area contributed by atoms with Crippen molar-refractivity contribution in [1.29, 1.82) is 0 Å². The molecule has 0 unspecified atom stereocenters. The van der Waals surface area contributed by atoms with Gasteiger partial charge in [0.15, 0.2) is 5.82 Å². The van der Waals surface area contributed by atoms with Gasteiger partial charge in [0, 0.05) is 67.3 Å². The fourth-order valence-corrected chi connectivity index (χ4v) is 6.42. The molecule has 5 heterocycles. The van der Waals surface area contributed by atoms with E-state index >= 15 is 0 Å². The van der Waals surface area contributed by atoms with E-state index in [9.17, 15) is 10.2 Å². The van der Waals surface area contributed by atoms with Gasteiger partial charge in [0.2, 0.25) is 0 Å². The average Bonchev–Trinajstić information content (AvgIpc) is 3.47. The second kappa shape index (κ2) is 12.3. The fourth-order valence-electron chi connectivity index (χ4n) is 6.42. The summed E-state index contributed by atoms with van der Waals surface area (Å²) in [5.74, 6) is 0.722. The third-order valence-corrected chi connectivity index (χ3v) is 8.90. The highest BCUT2D eigenvalue weighted by Crippen LogP contribution is 2.35. The van der Waals surface area contributed by atoms with Crippen LogP contribution in [-0.4, -0.2) is 54.2 Å². The summed E-state index contributed by atoms with van der Waals surface area (Å²) in [7, 11) is 0. The number of aliphatic hydroxyl groups is 2. The molecule has 4 aromatic heterocycles. The molecular formula is C37H36N6O2. The lowest BCUT2D eigenvalue weighted by molar-refractivity contribution is 0.175. The zero-order valence-corrected chi connectivity index (χ0v) is 25.5. The van der Waals surface area contributed by atoms with Gasteiger partial charge in [-0.1, -0.05) is 30.3 Å². The Bertz CT molecular complexity index is 2030. The number of nitrogens with zero attached hydrogens (tertiary/aromatic N) is 5. The first-order valence-corrected chi connectivity index (χ1v) is 15.4. The number of likely N-dealkylation sites (tertiary alicyclic amines) is 1. The van der Waals surface area contributed by atoms with Gasteiger partial charge < -0.3 is 15.5 Å². The van der Waals surface area contributed by atoms with E-state index in [-0.39, 0.29) is 12.7 Å². The highest BCUT2D eigenvalue weighted by Gasteiger charge is 2.20. The number of hydrogen-bond acceptors (Lipinski definition) is 8. The van der Waals surface area contributed by atoms with Crippen LogP contribution in [0.15, 0.2) is 85.5 Å². The van der Waals surface area contributed by atoms with E-state index in [1.54, 1.807) is 6.20 Å². The van der Waals surface area contributed by atoms with Crippen LogP contribution in [0.5, 0.6) is 0 Å². The number of pyridine rings is 4. The Morgan fingerprint density at radius 3 is 2.33 bits per heavy atom. The van der Waals surface area contributed by atoms with Crippen LogP contribution in [0, 0.1) is 13.8 Å². The molecule has 3 N–H and O–H groups in total. The van der Waals surface area contributed by atoms with E-state index in [1.165, 1.54) is 16.7 Å². The summed E-state index contributed by atoms with van der Waals surface area (Å²) in [6, 6.07) is 20.8. The van der Waals surface area contributed by atoms with Crippen molar-refractivity contribution >= 4 is 33.3 Å². The lowest BCUT2D eigenvalue weighted by Crippen LogP contribution is -2.21. The van der Waals surface area contributed by atoms with Crippen molar-refractivity contribution in [3.8, 4) is 11.1 Å². The van der Waals surface area contributed by atoms with Gasteiger partial charge in [-0.15, -0.1) is 0 Å². The van der Waals surface area contributed by atoms with Crippen molar-refractivity contribution in [2.45, 2.75) is 45.9 Å². The molecule has 0 bridgehead atoms. The Balaban J connectivity index is 1.17. The Morgan fingerprint density at radius 1 is 0.822 bits per heavy atom. The summed E-state index contributed by atoms with van der Waals surface area (Å²) in [6.07, 6.45) is 8.53. The second-order valence-electron chi connectivity index (χ2n) is 12.0. The Kier molecular flexibility index (Phi) is 7.94. The molecule has 0 amide bonds. The van der Waals surface area contributed by atoms with Gasteiger partial charge in [0.25, 0.3) is 0 Å². The minimum atomic E-state index is -0.233. The Labute approximate surface area is 262 Å². The molecule has 1 fully saturated rings. The molecule has 0 radical (unpaired) electrons. The molecule has 1 aliphatic heterocycles. The first-order valence-electron chi connectivity index (χ1n) is 15.4. The predicted molar refractivity (Wildman–Crippen MR) is 178 cm³/mol. The normalized spacial score (nSPS) is 15.2. The van der Waals surface area contributed by atoms with Gasteiger partial charge in [-0.05, 0) is 89.5 Å². The van der Waals surface area contributed by atoms with Crippen molar-refractivity contribution in [2.75, 3.05) is 18.4 Å². The van der Waals surface area contributed by atoms with Crippen molar-refractivity contribution < 1.29 is 10.2 Å². The molecule has 1 atom stereocenters. The van der Waals surface area contributed by atoms with Gasteiger partial charge in [-0.25, -0.2) is 4.98 Å². The van der Waals surface area contributed by atoms with Crippen LogP contribution in [-0.2, 0) is 19.6 Å². The maximum absolute atomic E-state index is 9.89. The van der Waals surface area contributed by atoms with Gasteiger partial charge in [-0.2, -0.15) is 0 Å². The number of anilines is 2. The molecule has 0 aliphatic carbocycles. The molecule has 8 nitrogen and oxygen atoms in total. The van der Waals surface area contributed by atoms with E-state index in [0.29, 0.717) is 13.0 Å². The van der Waals surface area contributed by atoms with Crippen LogP contribution in [0.1, 0.15) is 39.9 Å². The molecule has 226 valence electrons. The second-order valence-corrected chi connectivity index (χ2v) is 12.0. The first-order chi connectivity index (χ1) is 22.0. The van der Waals surface area contributed by atoms with E-state index < -0.39 is 0 Å². The van der Waals surface area contributed by atoms with Crippen LogP contribution in [0.25, 0.3) is 32.9 Å². The number of β-amino-alcohol motifs (C(OH)–C–C–N with tert-alkyl or cyclic N) is 1. The Morgan fingerprint density at radius 2 is 1.53 bits per heavy atom. The molecule has 1 aliphatic rings. The molecule has 45 heavy (non-hydrogen) atoms. The number of nitrogens with one attached hydrogen (secondary N) is 1. The third-order valence-electron chi connectivity index (χ3n) is 8.90. The van der Waals surface area contributed by atoms with Gasteiger partial charge in [-0.3, -0.25) is 19.9 Å². The number of hydrogen-bond donors (Lipinski definition) is 3. The zero-order valence-electron chi connectivity index (χ0n) is 25.5. The maximum atomic E-state index is 9.89. The first kappa shape index (κ1) is 29.0. The van der Waals surface area contributed by atoms with Crippen LogP contribution in [0.3, 0.4) is 0 Å². The van der Waals surface area contributed by atoms with Gasteiger partial charge in [0.1, 0.15) is 5.52 Å². The number of fused-ring (bicyclic) bond motifs is 2. The monoisotopic (exact) mass is 596 g/mol. The third kappa shape index (κ3) is 5.88. The highest BCUT2D eigenvalue weighted by atomic mass is 16.3. The van der Waals surface area contributed by atoms with E-state index in [1.807, 2.05) is 36.8 Å². The minimum Gasteiger partial charge on any atom is -0.392 e. The highest BCUT2D eigenvalue weighted by molar-refractivity contribution is 5.91. The van der Waals surface area contributed by atoms with Gasteiger partial charge >= 0.3 is 0 Å². The molecule has 0 spiro atoms. The SMILES string of the molecule is Cc1c(Cc2nccc3cc(CO)cnc23)cccc1-c1cccc(Nc2nccc3cc(CN4CC[C@@H](O)C4)cnc23)c1C. The number of aromatic nitrogens is 4. The van der Waals surface area contributed by atoms with E-state index in [2.05, 4.69) is 81.5 Å². The molecule has 7 rings (SSSR count). The molecular weight excluding hydrogens is 560 g/mol. The van der Waals surface area contributed by atoms with Crippen molar-refractivity contribution in [2.24, 2.45) is 0 Å². The van der Waals surface area contributed by atoms with Crippen molar-refractivity contribution in [3.05, 3.63) is 119 Å². The standard InChI is InChI=1S/C37H36N6O2/c1-23-27(17-34-35-28(9-12-38-34)16-26(22-44)19-40-35)5-3-6-31(23)32-7-4-8-33(24(32)2)42-37-36-29(10-13-39-37)15-25(18-41-36)20-43-14-11-30(45)21-43/h3-10,12-13,15-16,18-19,30,44-45H,11,14,17,20-22H2,1-2H3,(H,39,42)/t30-/m1/s1. The van der Waals surface area contributed by atoms with Gasteiger partial charge in [0.05, 0.1) is 23.9 Å². The number of rotatable bonds is 8. The number of aliphatic hydroxyl groups excluding tert-OH is 2. The quantitative estimate of drug-likeness (QED) is 0.189. The smallest absolute Gasteiger partial charge is 0.156 e. The van der Waals surface area contributed by atoms with Crippen LogP contribution in [0.4, 0.5) is 11.5 Å². The largest absolute Gasteiger partial charge is 0.392 e. The van der Waals surface area contributed by atoms with Crippen molar-refractivity contribution in [3.63, 3.8) is 0 Å². The maximum Gasteiger partial charge on any atom is 0.156 e. The minimum absolute atomic E-state index is 0.0334. The summed E-state index contributed by atoms with van der Waals surface area (Å²) < 4.78 is 0. The summed E-state index contributed by atoms with van der Waals surface area (Å²) in [5, 5.41) is 25.0. The molecule has 1 saturated heterocycles. The van der Waals surface area contributed by atoms with E-state index in [4.69, 9.17) is 4.98 Å². The lowest BCUT2D eigenvalue weighted by atomic mass is 9.91. The predicted octanol–water partition coefficient (Wildman–Crippen LogP) is 6.25. The molecule has 6 aromatic rings. The number of benzene rings is 2.